The zero-order valence-electron chi connectivity index (χ0n) is 11.9. The molecule has 0 saturated carbocycles. The minimum absolute atomic E-state index is 0.133. The summed E-state index contributed by atoms with van der Waals surface area (Å²) in [6.45, 7) is 3.79. The van der Waals surface area contributed by atoms with Crippen LogP contribution in [0.3, 0.4) is 0 Å². The van der Waals surface area contributed by atoms with Gasteiger partial charge in [0, 0.05) is 0 Å². The molecule has 2 aromatic rings. The molecule has 106 valence electrons. The lowest BCUT2D eigenvalue weighted by molar-refractivity contribution is 0.603. The minimum Gasteiger partial charge on any atom is -0.218 e. The highest BCUT2D eigenvalue weighted by molar-refractivity contribution is 7.95. The third-order valence-corrected chi connectivity index (χ3v) is 4.75. The lowest BCUT2D eigenvalue weighted by Gasteiger charge is -2.04. The standard InChI is InChI=1S/C17H15NO2S/c1-13-6-8-16(9-7-13)21(19,20)17(12-18)11-15-5-3-4-14(2)10-15/h3-11H,1-2H3/b17-11-. The number of sulfone groups is 1. The Morgan fingerprint density at radius 2 is 1.71 bits per heavy atom. The highest BCUT2D eigenvalue weighted by atomic mass is 32.2. The van der Waals surface area contributed by atoms with Crippen molar-refractivity contribution < 1.29 is 8.42 Å². The van der Waals surface area contributed by atoms with Crippen LogP contribution in [0.2, 0.25) is 0 Å². The topological polar surface area (TPSA) is 57.9 Å². The van der Waals surface area contributed by atoms with E-state index in [1.54, 1.807) is 24.3 Å². The van der Waals surface area contributed by atoms with Crippen molar-refractivity contribution in [3.05, 3.63) is 70.1 Å². The van der Waals surface area contributed by atoms with Crippen molar-refractivity contribution in [2.75, 3.05) is 0 Å². The molecule has 0 spiro atoms. The van der Waals surface area contributed by atoms with Gasteiger partial charge in [-0.2, -0.15) is 5.26 Å². The molecule has 0 aliphatic heterocycles. The van der Waals surface area contributed by atoms with Crippen LogP contribution in [0.1, 0.15) is 16.7 Å². The number of nitrogens with zero attached hydrogens (tertiary/aromatic N) is 1. The summed E-state index contributed by atoms with van der Waals surface area (Å²) in [6.07, 6.45) is 1.40. The normalized spacial score (nSPS) is 12.0. The molecule has 0 saturated heterocycles. The Kier molecular flexibility index (Phi) is 4.25. The number of aryl methyl sites for hydroxylation is 2. The molecule has 2 aromatic carbocycles. The van der Waals surface area contributed by atoms with Gasteiger partial charge in [-0.1, -0.05) is 47.5 Å². The maximum Gasteiger partial charge on any atom is 0.216 e. The van der Waals surface area contributed by atoms with Gasteiger partial charge in [0.1, 0.15) is 11.0 Å². The van der Waals surface area contributed by atoms with E-state index in [1.165, 1.54) is 18.2 Å². The maximum atomic E-state index is 12.5. The molecular formula is C17H15NO2S. The van der Waals surface area contributed by atoms with Crippen molar-refractivity contribution in [2.24, 2.45) is 0 Å². The lowest BCUT2D eigenvalue weighted by atomic mass is 10.1. The van der Waals surface area contributed by atoms with Gasteiger partial charge in [0.05, 0.1) is 4.90 Å². The second kappa shape index (κ2) is 5.94. The second-order valence-electron chi connectivity index (χ2n) is 4.85. The third kappa shape index (κ3) is 3.39. The van der Waals surface area contributed by atoms with Gasteiger partial charge in [-0.3, -0.25) is 0 Å². The monoisotopic (exact) mass is 297 g/mol. The first-order valence-corrected chi connectivity index (χ1v) is 7.92. The number of rotatable bonds is 3. The van der Waals surface area contributed by atoms with E-state index in [0.29, 0.717) is 5.56 Å². The first-order valence-electron chi connectivity index (χ1n) is 6.44. The highest BCUT2D eigenvalue weighted by Crippen LogP contribution is 2.21. The van der Waals surface area contributed by atoms with Gasteiger partial charge in [-0.15, -0.1) is 0 Å². The first-order chi connectivity index (χ1) is 9.93. The Bertz CT molecular complexity index is 826. The molecule has 0 heterocycles. The predicted octanol–water partition coefficient (Wildman–Crippen LogP) is 3.64. The van der Waals surface area contributed by atoms with Crippen LogP contribution in [-0.2, 0) is 9.84 Å². The molecule has 0 radical (unpaired) electrons. The van der Waals surface area contributed by atoms with Gasteiger partial charge in [-0.25, -0.2) is 8.42 Å². The van der Waals surface area contributed by atoms with Crippen LogP contribution in [-0.4, -0.2) is 8.42 Å². The molecular weight excluding hydrogens is 282 g/mol. The average molecular weight is 297 g/mol. The summed E-state index contributed by atoms with van der Waals surface area (Å²) in [6, 6.07) is 15.6. The molecule has 2 rings (SSSR count). The number of allylic oxidation sites excluding steroid dienone is 1. The summed E-state index contributed by atoms with van der Waals surface area (Å²) >= 11 is 0. The lowest BCUT2D eigenvalue weighted by Crippen LogP contribution is -2.03. The third-order valence-electron chi connectivity index (χ3n) is 3.07. The van der Waals surface area contributed by atoms with Crippen LogP contribution >= 0.6 is 0 Å². The van der Waals surface area contributed by atoms with E-state index in [0.717, 1.165) is 11.1 Å². The van der Waals surface area contributed by atoms with Crippen molar-refractivity contribution in [1.29, 1.82) is 5.26 Å². The molecule has 0 aromatic heterocycles. The molecule has 0 atom stereocenters. The van der Waals surface area contributed by atoms with E-state index in [4.69, 9.17) is 0 Å². The van der Waals surface area contributed by atoms with E-state index in [1.807, 2.05) is 32.0 Å². The van der Waals surface area contributed by atoms with E-state index in [2.05, 4.69) is 0 Å². The number of nitriles is 1. The van der Waals surface area contributed by atoms with Crippen LogP contribution in [0.25, 0.3) is 6.08 Å². The van der Waals surface area contributed by atoms with Crippen LogP contribution in [0, 0.1) is 25.2 Å². The fraction of sp³-hybridized carbons (Fsp3) is 0.118. The first kappa shape index (κ1) is 15.0. The van der Waals surface area contributed by atoms with Crippen LogP contribution in [0.5, 0.6) is 0 Å². The molecule has 0 unspecified atom stereocenters. The zero-order valence-corrected chi connectivity index (χ0v) is 12.7. The average Bonchev–Trinajstić information content (AvgIpc) is 2.45. The van der Waals surface area contributed by atoms with E-state index in [9.17, 15) is 13.7 Å². The highest BCUT2D eigenvalue weighted by Gasteiger charge is 2.20. The number of hydrogen-bond acceptors (Lipinski definition) is 3. The smallest absolute Gasteiger partial charge is 0.216 e. The van der Waals surface area contributed by atoms with Crippen molar-refractivity contribution >= 4 is 15.9 Å². The number of benzene rings is 2. The summed E-state index contributed by atoms with van der Waals surface area (Å²) in [5, 5.41) is 9.21. The summed E-state index contributed by atoms with van der Waals surface area (Å²) in [5.41, 5.74) is 2.67. The Labute approximate surface area is 125 Å². The Morgan fingerprint density at radius 3 is 2.29 bits per heavy atom. The summed E-state index contributed by atoms with van der Waals surface area (Å²) in [4.78, 5) is -0.120. The molecule has 4 heteroatoms. The second-order valence-corrected chi connectivity index (χ2v) is 6.77. The van der Waals surface area contributed by atoms with Crippen molar-refractivity contribution in [3.63, 3.8) is 0 Å². The molecule has 0 N–H and O–H groups in total. The van der Waals surface area contributed by atoms with Gasteiger partial charge < -0.3 is 0 Å². The van der Waals surface area contributed by atoms with E-state index >= 15 is 0 Å². The summed E-state index contributed by atoms with van der Waals surface area (Å²) < 4.78 is 24.9. The van der Waals surface area contributed by atoms with Gasteiger partial charge >= 0.3 is 0 Å². The van der Waals surface area contributed by atoms with Gasteiger partial charge in [0.25, 0.3) is 0 Å². The molecule has 21 heavy (non-hydrogen) atoms. The van der Waals surface area contributed by atoms with E-state index in [-0.39, 0.29) is 9.80 Å². The summed E-state index contributed by atoms with van der Waals surface area (Å²) in [5.74, 6) is 0. The van der Waals surface area contributed by atoms with Gasteiger partial charge in [0.2, 0.25) is 9.84 Å². The minimum atomic E-state index is -3.78. The molecule has 0 fully saturated rings. The maximum absolute atomic E-state index is 12.5. The van der Waals surface area contributed by atoms with E-state index < -0.39 is 9.84 Å². The Hall–Kier alpha value is -2.38. The zero-order chi connectivity index (χ0) is 15.5. The quantitative estimate of drug-likeness (QED) is 0.813. The Balaban J connectivity index is 2.50. The van der Waals surface area contributed by atoms with Gasteiger partial charge in [0.15, 0.2) is 0 Å². The van der Waals surface area contributed by atoms with Crippen LogP contribution in [0.15, 0.2) is 58.3 Å². The van der Waals surface area contributed by atoms with Gasteiger partial charge in [-0.05, 0) is 37.6 Å². The number of hydrogen-bond donors (Lipinski definition) is 0. The molecule has 3 nitrogen and oxygen atoms in total. The largest absolute Gasteiger partial charge is 0.218 e. The SMILES string of the molecule is Cc1ccc(S(=O)(=O)/C(C#N)=C\c2cccc(C)c2)cc1. The Morgan fingerprint density at radius 1 is 1.05 bits per heavy atom. The molecule has 0 bridgehead atoms. The van der Waals surface area contributed by atoms with Crippen molar-refractivity contribution in [2.45, 2.75) is 18.7 Å². The van der Waals surface area contributed by atoms with Crippen LogP contribution in [0.4, 0.5) is 0 Å². The van der Waals surface area contributed by atoms with Crippen molar-refractivity contribution in [1.82, 2.24) is 0 Å². The van der Waals surface area contributed by atoms with Crippen LogP contribution < -0.4 is 0 Å². The fourth-order valence-corrected chi connectivity index (χ4v) is 3.09. The molecule has 0 aliphatic carbocycles. The molecule has 0 amide bonds. The molecule has 0 aliphatic rings. The fourth-order valence-electron chi connectivity index (χ4n) is 1.93. The predicted molar refractivity (Wildman–Crippen MR) is 83.1 cm³/mol. The summed E-state index contributed by atoms with van der Waals surface area (Å²) in [7, 11) is -3.78. The van der Waals surface area contributed by atoms with Crippen molar-refractivity contribution in [3.8, 4) is 6.07 Å².